The van der Waals surface area contributed by atoms with Crippen LogP contribution in [0.1, 0.15) is 28.3 Å². The number of hydrogen-bond donors (Lipinski definition) is 1. The van der Waals surface area contributed by atoms with Crippen LogP contribution in [-0.4, -0.2) is 9.97 Å². The van der Waals surface area contributed by atoms with Gasteiger partial charge in [-0.2, -0.15) is 0 Å². The highest BCUT2D eigenvalue weighted by Crippen LogP contribution is 2.16. The molecule has 2 aromatic carbocycles. The molecule has 0 aliphatic carbocycles. The second-order valence-corrected chi connectivity index (χ2v) is 5.07. The van der Waals surface area contributed by atoms with Crippen molar-refractivity contribution in [2.45, 2.75) is 19.8 Å². The Labute approximate surface area is 119 Å². The molecule has 0 saturated heterocycles. The minimum absolute atomic E-state index is 0.882. The number of H-pyrrole nitrogens is 1. The van der Waals surface area contributed by atoms with Crippen LogP contribution in [0.3, 0.4) is 0 Å². The van der Waals surface area contributed by atoms with Crippen LogP contribution in [0.5, 0.6) is 0 Å². The molecule has 20 heavy (non-hydrogen) atoms. The van der Waals surface area contributed by atoms with Gasteiger partial charge in [0.15, 0.2) is 0 Å². The zero-order valence-electron chi connectivity index (χ0n) is 11.6. The molecule has 3 rings (SSSR count). The molecule has 0 aliphatic heterocycles. The van der Waals surface area contributed by atoms with Gasteiger partial charge in [-0.05, 0) is 18.1 Å². The Morgan fingerprint density at radius 2 is 1.35 bits per heavy atom. The summed E-state index contributed by atoms with van der Waals surface area (Å²) in [5, 5.41) is 0. The minimum atomic E-state index is 0.882. The first-order valence-electron chi connectivity index (χ1n) is 6.93. The number of aryl methyl sites for hydroxylation is 1. The summed E-state index contributed by atoms with van der Waals surface area (Å²) in [7, 11) is 0. The second kappa shape index (κ2) is 5.74. The Morgan fingerprint density at radius 3 is 1.95 bits per heavy atom. The van der Waals surface area contributed by atoms with E-state index in [9.17, 15) is 0 Å². The lowest BCUT2D eigenvalue weighted by Crippen LogP contribution is -1.96. The molecule has 0 aliphatic rings. The largest absolute Gasteiger partial charge is 0.346 e. The number of hydrogen-bond acceptors (Lipinski definition) is 1. The fourth-order valence-corrected chi connectivity index (χ4v) is 2.47. The second-order valence-electron chi connectivity index (χ2n) is 5.07. The number of nitrogens with one attached hydrogen (secondary N) is 1. The van der Waals surface area contributed by atoms with Crippen molar-refractivity contribution < 1.29 is 0 Å². The monoisotopic (exact) mass is 262 g/mol. The lowest BCUT2D eigenvalue weighted by molar-refractivity contribution is 1.03. The van der Waals surface area contributed by atoms with Gasteiger partial charge < -0.3 is 4.98 Å². The Hall–Kier alpha value is -2.35. The van der Waals surface area contributed by atoms with E-state index < -0.39 is 0 Å². The van der Waals surface area contributed by atoms with Crippen LogP contribution in [0.15, 0.2) is 60.7 Å². The maximum Gasteiger partial charge on any atom is 0.103 e. The predicted octanol–water partition coefficient (Wildman–Crippen LogP) is 3.90. The van der Waals surface area contributed by atoms with Gasteiger partial charge in [0, 0.05) is 18.5 Å². The fourth-order valence-electron chi connectivity index (χ4n) is 2.47. The standard InChI is InChI=1S/C18H18N2/c1-14-19-17(12-15-8-4-2-5-9-15)18(20-14)13-16-10-6-3-7-11-16/h2-11H,12-13H2,1H3,(H,19,20). The third-order valence-corrected chi connectivity index (χ3v) is 3.42. The molecule has 100 valence electrons. The Balaban J connectivity index is 1.85. The smallest absolute Gasteiger partial charge is 0.103 e. The molecule has 1 aromatic heterocycles. The van der Waals surface area contributed by atoms with Gasteiger partial charge in [-0.3, -0.25) is 0 Å². The molecule has 0 spiro atoms. The van der Waals surface area contributed by atoms with E-state index >= 15 is 0 Å². The summed E-state index contributed by atoms with van der Waals surface area (Å²) < 4.78 is 0. The van der Waals surface area contributed by atoms with Gasteiger partial charge in [0.2, 0.25) is 0 Å². The molecule has 0 saturated carbocycles. The molecule has 1 heterocycles. The number of aromatic amines is 1. The first-order valence-corrected chi connectivity index (χ1v) is 6.93. The first-order chi connectivity index (χ1) is 9.81. The number of aromatic nitrogens is 2. The van der Waals surface area contributed by atoms with Crippen molar-refractivity contribution in [3.05, 3.63) is 89.0 Å². The van der Waals surface area contributed by atoms with Gasteiger partial charge in [0.05, 0.1) is 5.69 Å². The SMILES string of the molecule is Cc1nc(Cc2ccccc2)c(Cc2ccccc2)[nH]1. The van der Waals surface area contributed by atoms with E-state index in [-0.39, 0.29) is 0 Å². The van der Waals surface area contributed by atoms with Crippen LogP contribution in [0.2, 0.25) is 0 Å². The molecule has 0 radical (unpaired) electrons. The molecule has 0 amide bonds. The number of benzene rings is 2. The third-order valence-electron chi connectivity index (χ3n) is 3.42. The number of imidazole rings is 1. The van der Waals surface area contributed by atoms with Crippen LogP contribution in [-0.2, 0) is 12.8 Å². The molecular weight excluding hydrogens is 244 g/mol. The summed E-state index contributed by atoms with van der Waals surface area (Å²) >= 11 is 0. The summed E-state index contributed by atoms with van der Waals surface area (Å²) in [4.78, 5) is 8.05. The van der Waals surface area contributed by atoms with E-state index in [2.05, 4.69) is 58.5 Å². The van der Waals surface area contributed by atoms with Crippen molar-refractivity contribution >= 4 is 0 Å². The van der Waals surface area contributed by atoms with Gasteiger partial charge in [-0.15, -0.1) is 0 Å². The Morgan fingerprint density at radius 1 is 0.800 bits per heavy atom. The van der Waals surface area contributed by atoms with E-state index in [1.54, 1.807) is 0 Å². The molecule has 0 unspecified atom stereocenters. The maximum absolute atomic E-state index is 4.65. The molecule has 2 heteroatoms. The molecule has 0 atom stereocenters. The molecule has 1 N–H and O–H groups in total. The average molecular weight is 262 g/mol. The van der Waals surface area contributed by atoms with Crippen LogP contribution < -0.4 is 0 Å². The van der Waals surface area contributed by atoms with Gasteiger partial charge in [-0.25, -0.2) is 4.98 Å². The van der Waals surface area contributed by atoms with E-state index in [1.807, 2.05) is 19.1 Å². The predicted molar refractivity (Wildman–Crippen MR) is 81.8 cm³/mol. The maximum atomic E-state index is 4.65. The summed E-state index contributed by atoms with van der Waals surface area (Å²) in [5.41, 5.74) is 4.98. The van der Waals surface area contributed by atoms with Crippen LogP contribution >= 0.6 is 0 Å². The van der Waals surface area contributed by atoms with E-state index in [1.165, 1.54) is 16.8 Å². The van der Waals surface area contributed by atoms with Crippen molar-refractivity contribution in [2.24, 2.45) is 0 Å². The van der Waals surface area contributed by atoms with E-state index in [4.69, 9.17) is 0 Å². The fraction of sp³-hybridized carbons (Fsp3) is 0.167. The van der Waals surface area contributed by atoms with Crippen molar-refractivity contribution in [1.29, 1.82) is 0 Å². The Kier molecular flexibility index (Phi) is 3.64. The quantitative estimate of drug-likeness (QED) is 0.759. The zero-order chi connectivity index (χ0) is 13.8. The molecule has 0 fully saturated rings. The summed E-state index contributed by atoms with van der Waals surface area (Å²) in [6.45, 7) is 2.02. The number of rotatable bonds is 4. The summed E-state index contributed by atoms with van der Waals surface area (Å²) in [6.07, 6.45) is 1.79. The highest BCUT2D eigenvalue weighted by molar-refractivity contribution is 5.29. The molecule has 3 aromatic rings. The average Bonchev–Trinajstić information content (AvgIpc) is 2.81. The first kappa shape index (κ1) is 12.7. The van der Waals surface area contributed by atoms with Crippen LogP contribution in [0.25, 0.3) is 0 Å². The lowest BCUT2D eigenvalue weighted by Gasteiger charge is -2.03. The van der Waals surface area contributed by atoms with E-state index in [0.29, 0.717) is 0 Å². The normalized spacial score (nSPS) is 10.7. The number of nitrogens with zero attached hydrogens (tertiary/aromatic N) is 1. The highest BCUT2D eigenvalue weighted by Gasteiger charge is 2.09. The van der Waals surface area contributed by atoms with Crippen molar-refractivity contribution in [3.63, 3.8) is 0 Å². The van der Waals surface area contributed by atoms with Gasteiger partial charge in [-0.1, -0.05) is 60.7 Å². The van der Waals surface area contributed by atoms with Crippen LogP contribution in [0, 0.1) is 6.92 Å². The molecule has 0 bridgehead atoms. The molecule has 2 nitrogen and oxygen atoms in total. The summed E-state index contributed by atoms with van der Waals surface area (Å²) in [6, 6.07) is 21.0. The van der Waals surface area contributed by atoms with Crippen LogP contribution in [0.4, 0.5) is 0 Å². The topological polar surface area (TPSA) is 28.7 Å². The minimum Gasteiger partial charge on any atom is -0.346 e. The lowest BCUT2D eigenvalue weighted by atomic mass is 10.0. The highest BCUT2D eigenvalue weighted by atomic mass is 14.9. The summed E-state index contributed by atoms with van der Waals surface area (Å²) in [5.74, 6) is 0.988. The Bertz CT molecular complexity index is 610. The van der Waals surface area contributed by atoms with E-state index in [0.717, 1.165) is 24.4 Å². The third kappa shape index (κ3) is 2.97. The van der Waals surface area contributed by atoms with Gasteiger partial charge in [0.25, 0.3) is 0 Å². The van der Waals surface area contributed by atoms with Gasteiger partial charge in [0.1, 0.15) is 5.82 Å². The van der Waals surface area contributed by atoms with Crippen molar-refractivity contribution in [2.75, 3.05) is 0 Å². The van der Waals surface area contributed by atoms with Gasteiger partial charge >= 0.3 is 0 Å². The van der Waals surface area contributed by atoms with Crippen molar-refractivity contribution in [3.8, 4) is 0 Å². The van der Waals surface area contributed by atoms with Crippen molar-refractivity contribution in [1.82, 2.24) is 9.97 Å². The molecular formula is C18H18N2. The zero-order valence-corrected chi connectivity index (χ0v) is 11.6.